The molecule has 0 radical (unpaired) electrons. The van der Waals surface area contributed by atoms with Crippen molar-refractivity contribution in [3.8, 4) is 5.75 Å². The number of fused-ring (bicyclic) bond motifs is 2. The lowest BCUT2D eigenvalue weighted by Crippen LogP contribution is -2.60. The average Bonchev–Trinajstić information content (AvgIpc) is 2.93. The summed E-state index contributed by atoms with van der Waals surface area (Å²) in [6, 6.07) is 8.25. The number of nitrogens with one attached hydrogen (secondary N) is 1. The quantitative estimate of drug-likeness (QED) is 0.861. The number of halogens is 1. The molecule has 1 unspecified atom stereocenters. The van der Waals surface area contributed by atoms with Crippen molar-refractivity contribution in [1.29, 1.82) is 0 Å². The second-order valence-electron chi connectivity index (χ2n) is 7.56. The van der Waals surface area contributed by atoms with Crippen molar-refractivity contribution >= 4 is 18.3 Å². The van der Waals surface area contributed by atoms with E-state index < -0.39 is 0 Å². The van der Waals surface area contributed by atoms with Crippen LogP contribution in [-0.2, 0) is 16.0 Å². The molecule has 1 amide bonds. The van der Waals surface area contributed by atoms with E-state index in [1.165, 1.54) is 12.8 Å². The van der Waals surface area contributed by atoms with Gasteiger partial charge >= 0.3 is 0 Å². The smallest absolute Gasteiger partial charge is 0.223 e. The van der Waals surface area contributed by atoms with Gasteiger partial charge < -0.3 is 20.1 Å². The van der Waals surface area contributed by atoms with Gasteiger partial charge in [-0.1, -0.05) is 12.1 Å². The van der Waals surface area contributed by atoms with Gasteiger partial charge in [-0.3, -0.25) is 4.79 Å². The Morgan fingerprint density at radius 1 is 1.24 bits per heavy atom. The number of phenolic OH excluding ortho intramolecular Hbond substituents is 1. The molecule has 2 N–H and O–H groups in total. The first-order valence-corrected chi connectivity index (χ1v) is 9.08. The molecule has 3 aliphatic heterocycles. The number of aromatic hydroxyl groups is 1. The molecule has 2 bridgehead atoms. The molecule has 5 nitrogen and oxygen atoms in total. The van der Waals surface area contributed by atoms with Crippen LogP contribution >= 0.6 is 12.4 Å². The van der Waals surface area contributed by atoms with Crippen LogP contribution in [0.3, 0.4) is 0 Å². The summed E-state index contributed by atoms with van der Waals surface area (Å²) in [5.74, 6) is 0.484. The highest BCUT2D eigenvalue weighted by atomic mass is 35.5. The predicted octanol–water partition coefficient (Wildman–Crippen LogP) is 2.26. The van der Waals surface area contributed by atoms with Crippen LogP contribution in [0, 0.1) is 0 Å². The number of piperidine rings is 1. The van der Waals surface area contributed by atoms with Gasteiger partial charge in [-0.05, 0) is 49.8 Å². The third-order valence-electron chi connectivity index (χ3n) is 5.74. The largest absolute Gasteiger partial charge is 0.508 e. The number of hydrogen-bond acceptors (Lipinski definition) is 4. The lowest BCUT2D eigenvalue weighted by Gasteiger charge is -2.47. The molecule has 6 heteroatoms. The van der Waals surface area contributed by atoms with Gasteiger partial charge in [0.05, 0.1) is 12.2 Å². The molecule has 0 aromatic heterocycles. The van der Waals surface area contributed by atoms with Gasteiger partial charge in [-0.15, -0.1) is 12.4 Å². The second kappa shape index (κ2) is 7.52. The SMILES string of the molecule is Cl.O=C(CCc1ccc(O)cc1)N1CCOC2(C[C@H]3CC[C@@H](C2)N3)C1. The van der Waals surface area contributed by atoms with Crippen LogP contribution in [0.4, 0.5) is 0 Å². The number of aryl methyl sites for hydroxylation is 1. The number of phenols is 1. The molecule has 1 spiro atoms. The van der Waals surface area contributed by atoms with Crippen molar-refractivity contribution in [3.63, 3.8) is 0 Å². The van der Waals surface area contributed by atoms with E-state index in [4.69, 9.17) is 4.74 Å². The fourth-order valence-corrected chi connectivity index (χ4v) is 4.58. The van der Waals surface area contributed by atoms with E-state index in [9.17, 15) is 9.90 Å². The molecule has 4 rings (SSSR count). The first-order valence-electron chi connectivity index (χ1n) is 9.08. The molecule has 1 aromatic rings. The van der Waals surface area contributed by atoms with Gasteiger partial charge in [0.1, 0.15) is 5.75 Å². The standard InChI is InChI=1S/C19H26N2O3.ClH/c22-17-6-1-14(2-7-17)3-8-18(23)21-9-10-24-19(13-21)11-15-4-5-16(12-19)20-15;/h1-2,6-7,15-16,20,22H,3-5,8-13H2;1H/t15-,16+,19?;. The number of morpholine rings is 1. The maximum Gasteiger partial charge on any atom is 0.223 e. The summed E-state index contributed by atoms with van der Waals surface area (Å²) in [4.78, 5) is 14.7. The number of rotatable bonds is 3. The Morgan fingerprint density at radius 2 is 1.92 bits per heavy atom. The minimum atomic E-state index is -0.121. The second-order valence-corrected chi connectivity index (χ2v) is 7.56. The molecule has 0 aliphatic carbocycles. The summed E-state index contributed by atoms with van der Waals surface area (Å²) in [6.45, 7) is 2.11. The van der Waals surface area contributed by atoms with Crippen molar-refractivity contribution in [2.24, 2.45) is 0 Å². The molecule has 3 aliphatic rings. The van der Waals surface area contributed by atoms with Crippen LogP contribution in [0.2, 0.25) is 0 Å². The Labute approximate surface area is 155 Å². The molecule has 25 heavy (non-hydrogen) atoms. The van der Waals surface area contributed by atoms with Crippen LogP contribution in [0.5, 0.6) is 5.75 Å². The summed E-state index contributed by atoms with van der Waals surface area (Å²) in [5.41, 5.74) is 0.966. The van der Waals surface area contributed by atoms with Crippen molar-refractivity contribution in [3.05, 3.63) is 29.8 Å². The van der Waals surface area contributed by atoms with E-state index in [-0.39, 0.29) is 29.7 Å². The number of benzene rings is 1. The Bertz CT molecular complexity index is 595. The zero-order valence-electron chi connectivity index (χ0n) is 14.4. The molecule has 3 atom stereocenters. The predicted molar refractivity (Wildman–Crippen MR) is 98.1 cm³/mol. The van der Waals surface area contributed by atoms with Crippen LogP contribution in [0.1, 0.15) is 37.7 Å². The minimum Gasteiger partial charge on any atom is -0.508 e. The first-order chi connectivity index (χ1) is 11.6. The van der Waals surface area contributed by atoms with Crippen molar-refractivity contribution in [2.75, 3.05) is 19.7 Å². The van der Waals surface area contributed by atoms with E-state index in [2.05, 4.69) is 5.32 Å². The zero-order valence-corrected chi connectivity index (χ0v) is 15.3. The lowest BCUT2D eigenvalue weighted by molar-refractivity contribution is -0.158. The van der Waals surface area contributed by atoms with Crippen LogP contribution in [-0.4, -0.2) is 53.3 Å². The fraction of sp³-hybridized carbons (Fsp3) is 0.632. The Hall–Kier alpha value is -1.30. The number of carbonyl (C=O) groups excluding carboxylic acids is 1. The fourth-order valence-electron chi connectivity index (χ4n) is 4.58. The summed E-state index contributed by atoms with van der Waals surface area (Å²) in [6.07, 6.45) is 5.79. The molecular formula is C19H27ClN2O3. The number of ether oxygens (including phenoxy) is 1. The Balaban J connectivity index is 0.00000182. The van der Waals surface area contributed by atoms with E-state index in [0.29, 0.717) is 31.7 Å². The maximum atomic E-state index is 12.6. The van der Waals surface area contributed by atoms with Gasteiger partial charge in [0.25, 0.3) is 0 Å². The molecule has 3 saturated heterocycles. The first kappa shape index (κ1) is 18.5. The van der Waals surface area contributed by atoms with Gasteiger partial charge in [0.2, 0.25) is 5.91 Å². The van der Waals surface area contributed by atoms with Crippen molar-refractivity contribution < 1.29 is 14.6 Å². The van der Waals surface area contributed by atoms with E-state index in [1.807, 2.05) is 17.0 Å². The van der Waals surface area contributed by atoms with Gasteiger partial charge in [-0.2, -0.15) is 0 Å². The molecule has 3 heterocycles. The Kier molecular flexibility index (Phi) is 5.56. The maximum absolute atomic E-state index is 12.6. The molecule has 1 aromatic carbocycles. The highest BCUT2D eigenvalue weighted by Crippen LogP contribution is 2.38. The van der Waals surface area contributed by atoms with Crippen LogP contribution in [0.25, 0.3) is 0 Å². The van der Waals surface area contributed by atoms with Crippen LogP contribution < -0.4 is 5.32 Å². The van der Waals surface area contributed by atoms with E-state index >= 15 is 0 Å². The normalized spacial score (nSPS) is 31.0. The van der Waals surface area contributed by atoms with Gasteiger partial charge in [0.15, 0.2) is 0 Å². The van der Waals surface area contributed by atoms with E-state index in [1.54, 1.807) is 12.1 Å². The van der Waals surface area contributed by atoms with Crippen molar-refractivity contribution in [1.82, 2.24) is 10.2 Å². The highest BCUT2D eigenvalue weighted by Gasteiger charge is 2.47. The summed E-state index contributed by atoms with van der Waals surface area (Å²) in [5, 5.41) is 13.0. The number of amides is 1. The molecule has 3 fully saturated rings. The highest BCUT2D eigenvalue weighted by molar-refractivity contribution is 5.85. The van der Waals surface area contributed by atoms with Crippen LogP contribution in [0.15, 0.2) is 24.3 Å². The van der Waals surface area contributed by atoms with Gasteiger partial charge in [-0.25, -0.2) is 0 Å². The average molecular weight is 367 g/mol. The number of nitrogens with zero attached hydrogens (tertiary/aromatic N) is 1. The van der Waals surface area contributed by atoms with Crippen molar-refractivity contribution in [2.45, 2.75) is 56.2 Å². The van der Waals surface area contributed by atoms with Gasteiger partial charge in [0, 0.05) is 31.6 Å². The van der Waals surface area contributed by atoms with E-state index in [0.717, 1.165) is 31.4 Å². The molecule has 0 saturated carbocycles. The summed E-state index contributed by atoms with van der Waals surface area (Å²) >= 11 is 0. The minimum absolute atomic E-state index is 0. The third-order valence-corrected chi connectivity index (χ3v) is 5.74. The summed E-state index contributed by atoms with van der Waals surface area (Å²) in [7, 11) is 0. The Morgan fingerprint density at radius 3 is 2.60 bits per heavy atom. The monoisotopic (exact) mass is 366 g/mol. The molecule has 138 valence electrons. The zero-order chi connectivity index (χ0) is 16.6. The molecular weight excluding hydrogens is 340 g/mol. The number of carbonyl (C=O) groups is 1. The topological polar surface area (TPSA) is 61.8 Å². The lowest BCUT2D eigenvalue weighted by atomic mass is 9.85. The summed E-state index contributed by atoms with van der Waals surface area (Å²) < 4.78 is 6.18. The third kappa shape index (κ3) is 4.10. The number of hydrogen-bond donors (Lipinski definition) is 2.